The Morgan fingerprint density at radius 3 is 2.80 bits per heavy atom. The number of nitrogens with one attached hydrogen (secondary N) is 1. The molecule has 1 amide bonds. The number of nitrogens with zero attached hydrogens (tertiary/aromatic N) is 3. The topological polar surface area (TPSA) is 59.4 Å². The molecule has 1 fully saturated rings. The number of hydrogen-bond acceptors (Lipinski definition) is 4. The molecule has 2 aromatic rings. The van der Waals surface area contributed by atoms with Gasteiger partial charge in [0.1, 0.15) is 5.82 Å². The number of carbonyl (C=O) groups excluding carboxylic acids is 1. The Morgan fingerprint density at radius 2 is 2.08 bits per heavy atom. The zero-order valence-corrected chi connectivity index (χ0v) is 15.4. The molecular weight excluding hydrogens is 316 g/mol. The van der Waals surface area contributed by atoms with Gasteiger partial charge in [-0.25, -0.2) is 4.98 Å². The molecule has 1 N–H and O–H groups in total. The summed E-state index contributed by atoms with van der Waals surface area (Å²) in [4.78, 5) is 19.1. The van der Waals surface area contributed by atoms with Crippen molar-refractivity contribution in [1.29, 1.82) is 0 Å². The molecule has 0 unspecified atom stereocenters. The Labute approximate surface area is 149 Å². The number of aromatic nitrogens is 2. The summed E-state index contributed by atoms with van der Waals surface area (Å²) in [5, 5.41) is 3.01. The monoisotopic (exact) mass is 344 g/mol. The van der Waals surface area contributed by atoms with Crippen molar-refractivity contribution in [3.8, 4) is 0 Å². The second-order valence-corrected chi connectivity index (χ2v) is 6.93. The van der Waals surface area contributed by atoms with Gasteiger partial charge in [0.15, 0.2) is 0 Å². The summed E-state index contributed by atoms with van der Waals surface area (Å²) in [6.07, 6.45) is 0.395. The fourth-order valence-electron chi connectivity index (χ4n) is 3.45. The lowest BCUT2D eigenvalue weighted by Gasteiger charge is -2.26. The summed E-state index contributed by atoms with van der Waals surface area (Å²) in [7, 11) is 0. The summed E-state index contributed by atoms with van der Waals surface area (Å²) in [5.74, 6) is 1.07. The molecule has 0 aliphatic carbocycles. The van der Waals surface area contributed by atoms with Crippen molar-refractivity contribution in [2.24, 2.45) is 0 Å². The molecule has 0 bridgehead atoms. The smallest absolute Gasteiger partial charge is 0.224 e. The average Bonchev–Trinajstić information content (AvgIpc) is 2.91. The number of hydrogen-bond donors (Lipinski definition) is 1. The molecule has 3 rings (SSSR count). The molecule has 0 atom stereocenters. The fourth-order valence-corrected chi connectivity index (χ4v) is 3.45. The molecule has 0 spiro atoms. The van der Waals surface area contributed by atoms with Crippen LogP contribution in [0.2, 0.25) is 0 Å². The molecule has 25 heavy (non-hydrogen) atoms. The third-order valence-electron chi connectivity index (χ3n) is 4.67. The number of amides is 1. The molecule has 136 valence electrons. The highest BCUT2D eigenvalue weighted by atomic mass is 16.5. The van der Waals surface area contributed by atoms with Crippen LogP contribution in [0.1, 0.15) is 31.3 Å². The van der Waals surface area contributed by atoms with Crippen LogP contribution in [0.15, 0.2) is 18.2 Å². The maximum atomic E-state index is 12.2. The largest absolute Gasteiger partial charge is 0.379 e. The molecule has 1 aliphatic heterocycles. The van der Waals surface area contributed by atoms with Gasteiger partial charge in [0.25, 0.3) is 0 Å². The van der Waals surface area contributed by atoms with Crippen LogP contribution in [0.3, 0.4) is 0 Å². The van der Waals surface area contributed by atoms with Gasteiger partial charge in [-0.15, -0.1) is 0 Å². The van der Waals surface area contributed by atoms with E-state index in [2.05, 4.69) is 39.7 Å². The molecule has 2 heterocycles. The first kappa shape index (κ1) is 17.9. The third-order valence-corrected chi connectivity index (χ3v) is 4.67. The maximum Gasteiger partial charge on any atom is 0.224 e. The fraction of sp³-hybridized carbons (Fsp3) is 0.579. The standard InChI is InChI=1S/C19H28N4O2/c1-14(2)23-15(3)21-17-12-16(4-5-18(17)23)13-19(24)20-6-7-22-8-10-25-11-9-22/h4-5,12,14H,6-11,13H2,1-3H3,(H,20,24). The van der Waals surface area contributed by atoms with Gasteiger partial charge in [0.2, 0.25) is 5.91 Å². The van der Waals surface area contributed by atoms with Crippen molar-refractivity contribution in [3.05, 3.63) is 29.6 Å². The van der Waals surface area contributed by atoms with E-state index < -0.39 is 0 Å². The maximum absolute atomic E-state index is 12.2. The van der Waals surface area contributed by atoms with Crippen molar-refractivity contribution in [2.45, 2.75) is 33.2 Å². The highest BCUT2D eigenvalue weighted by Gasteiger charge is 2.13. The van der Waals surface area contributed by atoms with Crippen LogP contribution in [-0.2, 0) is 16.0 Å². The Balaban J connectivity index is 1.56. The number of carbonyl (C=O) groups is 1. The minimum atomic E-state index is 0.0626. The normalized spacial score (nSPS) is 15.8. The van der Waals surface area contributed by atoms with Crippen LogP contribution in [0, 0.1) is 6.92 Å². The second kappa shape index (κ2) is 7.97. The van der Waals surface area contributed by atoms with E-state index in [0.717, 1.165) is 55.3 Å². The number of fused-ring (bicyclic) bond motifs is 1. The predicted molar refractivity (Wildman–Crippen MR) is 98.8 cm³/mol. The number of imidazole rings is 1. The number of morpholine rings is 1. The van der Waals surface area contributed by atoms with E-state index in [-0.39, 0.29) is 5.91 Å². The molecule has 0 saturated carbocycles. The molecule has 1 saturated heterocycles. The second-order valence-electron chi connectivity index (χ2n) is 6.93. The van der Waals surface area contributed by atoms with Gasteiger partial charge >= 0.3 is 0 Å². The zero-order valence-electron chi connectivity index (χ0n) is 15.4. The summed E-state index contributed by atoms with van der Waals surface area (Å²) in [6, 6.07) is 6.51. The van der Waals surface area contributed by atoms with Crippen molar-refractivity contribution in [2.75, 3.05) is 39.4 Å². The van der Waals surface area contributed by atoms with E-state index in [9.17, 15) is 4.79 Å². The quantitative estimate of drug-likeness (QED) is 0.870. The van der Waals surface area contributed by atoms with E-state index in [1.165, 1.54) is 0 Å². The van der Waals surface area contributed by atoms with Crippen molar-refractivity contribution >= 4 is 16.9 Å². The molecule has 0 radical (unpaired) electrons. The summed E-state index contributed by atoms with van der Waals surface area (Å²) < 4.78 is 7.55. The van der Waals surface area contributed by atoms with E-state index >= 15 is 0 Å². The zero-order chi connectivity index (χ0) is 17.8. The van der Waals surface area contributed by atoms with Gasteiger partial charge in [-0.1, -0.05) is 6.07 Å². The SMILES string of the molecule is Cc1nc2cc(CC(=O)NCCN3CCOCC3)ccc2n1C(C)C. The van der Waals surface area contributed by atoms with Gasteiger partial charge in [0.05, 0.1) is 30.7 Å². The van der Waals surface area contributed by atoms with Gasteiger partial charge < -0.3 is 14.6 Å². The minimum absolute atomic E-state index is 0.0626. The average molecular weight is 344 g/mol. The number of rotatable bonds is 6. The van der Waals surface area contributed by atoms with E-state index in [4.69, 9.17) is 4.74 Å². The first-order valence-electron chi connectivity index (χ1n) is 9.09. The lowest BCUT2D eigenvalue weighted by Crippen LogP contribution is -2.41. The van der Waals surface area contributed by atoms with Gasteiger partial charge in [-0.2, -0.15) is 0 Å². The Morgan fingerprint density at radius 1 is 1.32 bits per heavy atom. The Bertz CT molecular complexity index is 732. The van der Waals surface area contributed by atoms with Gasteiger partial charge in [-0.3, -0.25) is 9.69 Å². The van der Waals surface area contributed by atoms with Crippen LogP contribution < -0.4 is 5.32 Å². The van der Waals surface area contributed by atoms with E-state index in [1.54, 1.807) is 0 Å². The predicted octanol–water partition coefficient (Wildman–Crippen LogP) is 1.92. The summed E-state index contributed by atoms with van der Waals surface area (Å²) in [5.41, 5.74) is 3.10. The number of aryl methyl sites for hydroxylation is 1. The summed E-state index contributed by atoms with van der Waals surface area (Å²) >= 11 is 0. The van der Waals surface area contributed by atoms with Crippen molar-refractivity contribution in [1.82, 2.24) is 19.8 Å². The first-order valence-corrected chi connectivity index (χ1v) is 9.09. The molecule has 1 aromatic carbocycles. The van der Waals surface area contributed by atoms with Crippen LogP contribution in [0.5, 0.6) is 0 Å². The molecule has 6 heteroatoms. The van der Waals surface area contributed by atoms with Crippen LogP contribution in [0.25, 0.3) is 11.0 Å². The molecular formula is C19H28N4O2. The molecule has 1 aromatic heterocycles. The van der Waals surface area contributed by atoms with E-state index in [1.807, 2.05) is 19.1 Å². The Hall–Kier alpha value is -1.92. The Kier molecular flexibility index (Phi) is 5.71. The van der Waals surface area contributed by atoms with Crippen LogP contribution in [0.4, 0.5) is 0 Å². The van der Waals surface area contributed by atoms with Crippen molar-refractivity contribution < 1.29 is 9.53 Å². The highest BCUT2D eigenvalue weighted by molar-refractivity contribution is 5.82. The third kappa shape index (κ3) is 4.38. The lowest BCUT2D eigenvalue weighted by atomic mass is 10.1. The molecule has 6 nitrogen and oxygen atoms in total. The van der Waals surface area contributed by atoms with E-state index in [0.29, 0.717) is 19.0 Å². The highest BCUT2D eigenvalue weighted by Crippen LogP contribution is 2.22. The lowest BCUT2D eigenvalue weighted by molar-refractivity contribution is -0.120. The van der Waals surface area contributed by atoms with Crippen molar-refractivity contribution in [3.63, 3.8) is 0 Å². The number of benzene rings is 1. The van der Waals surface area contributed by atoms with Crippen LogP contribution in [-0.4, -0.2) is 59.8 Å². The number of ether oxygens (including phenoxy) is 1. The first-order chi connectivity index (χ1) is 12.0. The minimum Gasteiger partial charge on any atom is -0.379 e. The van der Waals surface area contributed by atoms with Crippen LogP contribution >= 0.6 is 0 Å². The van der Waals surface area contributed by atoms with Gasteiger partial charge in [-0.05, 0) is 38.5 Å². The van der Waals surface area contributed by atoms with Gasteiger partial charge in [0, 0.05) is 32.2 Å². The summed E-state index contributed by atoms with van der Waals surface area (Å²) in [6.45, 7) is 11.4. The molecule has 1 aliphatic rings.